The fourth-order valence-electron chi connectivity index (χ4n) is 9.31. The Labute approximate surface area is 490 Å². The molecule has 4 atom stereocenters. The minimum Gasteiger partial charge on any atom is -0.481 e. The molecule has 2 rings (SSSR count). The van der Waals surface area contributed by atoms with Crippen molar-refractivity contribution in [3.8, 4) is 0 Å². The van der Waals surface area contributed by atoms with Gasteiger partial charge in [0, 0.05) is 78.5 Å². The van der Waals surface area contributed by atoms with E-state index in [-0.39, 0.29) is 128 Å². The summed E-state index contributed by atoms with van der Waals surface area (Å²) in [7, 11) is 3.08. The molecule has 2 fully saturated rings. The van der Waals surface area contributed by atoms with E-state index < -0.39 is 66.3 Å². The molecule has 26 heteroatoms. The van der Waals surface area contributed by atoms with E-state index in [1.165, 1.54) is 78.4 Å². The molecule has 2 aliphatic rings. The number of amides is 6. The quantitative estimate of drug-likeness (QED) is 0.0238. The van der Waals surface area contributed by atoms with Crippen LogP contribution in [0.3, 0.4) is 0 Å². The summed E-state index contributed by atoms with van der Waals surface area (Å²) in [6.45, 7) is 1.98. The van der Waals surface area contributed by atoms with Crippen LogP contribution < -0.4 is 37.2 Å². The zero-order valence-corrected chi connectivity index (χ0v) is 49.5. The molecule has 0 aromatic carbocycles. The zero-order chi connectivity index (χ0) is 60.7. The second-order valence-electron chi connectivity index (χ2n) is 21.2. The van der Waals surface area contributed by atoms with Crippen LogP contribution in [0.1, 0.15) is 167 Å². The van der Waals surface area contributed by atoms with Gasteiger partial charge < -0.3 is 80.4 Å². The average Bonchev–Trinajstić information content (AvgIpc) is 4.47. The maximum absolute atomic E-state index is 13.1. The number of carbonyl (C=O) groups is 9. The molecule has 1 aliphatic heterocycles. The topological polar surface area (TPSA) is 366 Å². The molecule has 0 aromatic heterocycles. The van der Waals surface area contributed by atoms with E-state index in [9.17, 15) is 53.4 Å². The van der Waals surface area contributed by atoms with Crippen LogP contribution in [0.2, 0.25) is 0 Å². The Morgan fingerprint density at radius 1 is 0.482 bits per heavy atom. The molecule has 1 aliphatic carbocycles. The second kappa shape index (κ2) is 48.2. The number of carboxylic acid groups (broad SMARTS) is 3. The highest BCUT2D eigenvalue weighted by atomic mass is 16.7. The van der Waals surface area contributed by atoms with Crippen molar-refractivity contribution in [2.45, 2.75) is 198 Å². The van der Waals surface area contributed by atoms with Crippen LogP contribution in [0.4, 0.5) is 0 Å². The summed E-state index contributed by atoms with van der Waals surface area (Å²) in [6, 6.07) is -2.60. The van der Waals surface area contributed by atoms with Gasteiger partial charge in [0.1, 0.15) is 37.6 Å². The number of rotatable bonds is 55. The highest BCUT2D eigenvalue weighted by Gasteiger charge is 2.39. The maximum Gasteiger partial charge on any atom is 0.326 e. The number of carboxylic acids is 3. The molecule has 478 valence electrons. The molecule has 83 heavy (non-hydrogen) atoms. The van der Waals surface area contributed by atoms with Gasteiger partial charge in [-0.2, -0.15) is 0 Å². The SMILES string of the molecule is COC(CNC1OC1CNC(=O)COCCOCCNC(=O)COCCOCCNC(=O)[C@H](CCC(=O)O)NC(=O)CC[C@H](NC(=O)C1CCC(CNC(=O)CCCCCCCCCCCCCCCCCCC(=O)O)CC1)C(=O)O)OC. The summed E-state index contributed by atoms with van der Waals surface area (Å²) in [6.07, 6.45) is 19.6. The van der Waals surface area contributed by atoms with E-state index in [1.807, 2.05) is 0 Å². The summed E-state index contributed by atoms with van der Waals surface area (Å²) in [5.74, 6) is -5.84. The molecule has 0 aromatic rings. The molecule has 0 bridgehead atoms. The first-order chi connectivity index (χ1) is 40.1. The number of hydrogen-bond acceptors (Lipinski definition) is 17. The third-order valence-electron chi connectivity index (χ3n) is 14.3. The Morgan fingerprint density at radius 3 is 1.49 bits per heavy atom. The van der Waals surface area contributed by atoms with Crippen molar-refractivity contribution in [3.05, 3.63) is 0 Å². The van der Waals surface area contributed by atoms with Crippen molar-refractivity contribution in [3.63, 3.8) is 0 Å². The molecule has 0 radical (unpaired) electrons. The molecule has 0 spiro atoms. The van der Waals surface area contributed by atoms with Crippen LogP contribution in [-0.2, 0) is 76.3 Å². The zero-order valence-electron chi connectivity index (χ0n) is 49.5. The van der Waals surface area contributed by atoms with Gasteiger partial charge in [-0.15, -0.1) is 0 Å². The Balaban J connectivity index is 1.48. The Morgan fingerprint density at radius 2 is 0.964 bits per heavy atom. The van der Waals surface area contributed by atoms with E-state index in [2.05, 4.69) is 37.2 Å². The molecule has 1 heterocycles. The molecule has 26 nitrogen and oxygen atoms in total. The first kappa shape index (κ1) is 74.0. The van der Waals surface area contributed by atoms with Crippen LogP contribution in [0.25, 0.3) is 0 Å². The summed E-state index contributed by atoms with van der Waals surface area (Å²) in [5.41, 5.74) is 0. The minimum atomic E-state index is -1.37. The second-order valence-corrected chi connectivity index (χ2v) is 21.2. The lowest BCUT2D eigenvalue weighted by Crippen LogP contribution is -2.48. The number of ether oxygens (including phenoxy) is 7. The maximum atomic E-state index is 13.1. The van der Waals surface area contributed by atoms with Crippen molar-refractivity contribution in [2.24, 2.45) is 11.8 Å². The molecule has 1 saturated carbocycles. The van der Waals surface area contributed by atoms with Gasteiger partial charge in [0.25, 0.3) is 0 Å². The molecule has 10 N–H and O–H groups in total. The van der Waals surface area contributed by atoms with Gasteiger partial charge >= 0.3 is 17.9 Å². The number of nitrogens with one attached hydrogen (secondary N) is 7. The van der Waals surface area contributed by atoms with Gasteiger partial charge in [0.15, 0.2) is 6.29 Å². The number of aliphatic carboxylic acids is 3. The van der Waals surface area contributed by atoms with Crippen molar-refractivity contribution >= 4 is 53.4 Å². The Bertz CT molecular complexity index is 1840. The van der Waals surface area contributed by atoms with Crippen LogP contribution in [-0.4, -0.2) is 199 Å². The van der Waals surface area contributed by atoms with Crippen molar-refractivity contribution in [1.82, 2.24) is 37.2 Å². The molecular weight excluding hydrogens is 1090 g/mol. The lowest BCUT2D eigenvalue weighted by molar-refractivity contribution is -0.143. The Hall–Kier alpha value is -5.09. The van der Waals surface area contributed by atoms with E-state index in [4.69, 9.17) is 38.3 Å². The molecule has 2 unspecified atom stereocenters. The lowest BCUT2D eigenvalue weighted by atomic mass is 9.81. The minimum absolute atomic E-state index is 0.00800. The van der Waals surface area contributed by atoms with Crippen LogP contribution >= 0.6 is 0 Å². The lowest BCUT2D eigenvalue weighted by Gasteiger charge is -2.28. The first-order valence-corrected chi connectivity index (χ1v) is 30.2. The predicted octanol–water partition coefficient (Wildman–Crippen LogP) is 3.06. The molecular formula is C57H101N7O19. The summed E-state index contributed by atoms with van der Waals surface area (Å²) in [4.78, 5) is 110. The summed E-state index contributed by atoms with van der Waals surface area (Å²) >= 11 is 0. The van der Waals surface area contributed by atoms with Gasteiger partial charge in [-0.1, -0.05) is 89.9 Å². The average molecular weight is 1190 g/mol. The number of unbranched alkanes of at least 4 members (excludes halogenated alkanes) is 15. The van der Waals surface area contributed by atoms with E-state index in [1.54, 1.807) is 0 Å². The molecule has 6 amide bonds. The van der Waals surface area contributed by atoms with Gasteiger partial charge in [-0.3, -0.25) is 43.7 Å². The van der Waals surface area contributed by atoms with E-state index in [0.717, 1.165) is 38.5 Å². The van der Waals surface area contributed by atoms with E-state index >= 15 is 0 Å². The van der Waals surface area contributed by atoms with Crippen LogP contribution in [0, 0.1) is 11.8 Å². The monoisotopic (exact) mass is 1190 g/mol. The van der Waals surface area contributed by atoms with Gasteiger partial charge in [0.2, 0.25) is 35.4 Å². The number of hydrogen-bond donors (Lipinski definition) is 10. The molecule has 1 saturated heterocycles. The normalized spacial score (nSPS) is 17.2. The first-order valence-electron chi connectivity index (χ1n) is 30.2. The summed E-state index contributed by atoms with van der Waals surface area (Å²) < 4.78 is 37.1. The third-order valence-corrected chi connectivity index (χ3v) is 14.3. The fraction of sp³-hybridized carbons (Fsp3) is 0.842. The predicted molar refractivity (Wildman–Crippen MR) is 304 cm³/mol. The van der Waals surface area contributed by atoms with Crippen molar-refractivity contribution < 1.29 is 91.6 Å². The summed E-state index contributed by atoms with van der Waals surface area (Å²) in [5, 5.41) is 46.9. The smallest absolute Gasteiger partial charge is 0.326 e. The van der Waals surface area contributed by atoms with Crippen molar-refractivity contribution in [1.29, 1.82) is 0 Å². The van der Waals surface area contributed by atoms with Crippen LogP contribution in [0.15, 0.2) is 0 Å². The number of epoxide rings is 1. The highest BCUT2D eigenvalue weighted by Crippen LogP contribution is 2.29. The fourth-order valence-corrected chi connectivity index (χ4v) is 9.31. The standard InChI is InChI=1S/C57H101N7O19/c1-77-53(78-2)39-62-56-46(83-56)38-61-50(68)41-82-36-33-79-31-29-58-49(67)40-81-35-34-80-32-30-59-55(74)44(26-28-52(71)72)63-48(66)27-25-45(57(75)76)64-54(73)43-23-21-42(22-24-43)37-60-47(65)19-17-15-13-11-9-7-5-3-4-6-8-10-12-14-16-18-20-51(69)70/h42-46,53,56,62H,3-41H2,1-2H3,(H,58,67)(H,59,74)(H,60,65)(H,61,68)(H,63,66)(H,64,73)(H,69,70)(H,71,72)(H,75,76)/t42?,43?,44-,45-,46?,56?/m0/s1. The largest absolute Gasteiger partial charge is 0.481 e. The van der Waals surface area contributed by atoms with Crippen LogP contribution in [0.5, 0.6) is 0 Å². The Kier molecular flexibility index (Phi) is 43.0. The van der Waals surface area contributed by atoms with Gasteiger partial charge in [-0.05, 0) is 57.3 Å². The van der Waals surface area contributed by atoms with Gasteiger partial charge in [-0.25, -0.2) is 4.79 Å². The number of carbonyl (C=O) groups excluding carboxylic acids is 6. The third kappa shape index (κ3) is 40.8. The van der Waals surface area contributed by atoms with E-state index in [0.29, 0.717) is 51.7 Å². The van der Waals surface area contributed by atoms with Crippen molar-refractivity contribution in [2.75, 3.05) is 99.8 Å². The number of methoxy groups -OCH3 is 2. The highest BCUT2D eigenvalue weighted by molar-refractivity contribution is 5.89. The van der Waals surface area contributed by atoms with Gasteiger partial charge in [0.05, 0.1) is 39.6 Å².